The first-order chi connectivity index (χ1) is 10.4. The first kappa shape index (κ1) is 14.1. The summed E-state index contributed by atoms with van der Waals surface area (Å²) >= 11 is 0. The molecule has 2 aromatic rings. The van der Waals surface area contributed by atoms with Crippen molar-refractivity contribution in [3.8, 4) is 11.4 Å². The monoisotopic (exact) mass is 282 g/mol. The molecule has 0 saturated heterocycles. The molecule has 4 heteroatoms. The van der Waals surface area contributed by atoms with Gasteiger partial charge in [-0.3, -0.25) is 4.98 Å². The van der Waals surface area contributed by atoms with Gasteiger partial charge in [-0.15, -0.1) is 0 Å². The van der Waals surface area contributed by atoms with E-state index < -0.39 is 0 Å². The fraction of sp³-hybridized carbons (Fsp3) is 0.471. The third-order valence-electron chi connectivity index (χ3n) is 4.03. The molecule has 0 aliphatic heterocycles. The van der Waals surface area contributed by atoms with Crippen molar-refractivity contribution in [1.29, 1.82) is 0 Å². The minimum atomic E-state index is 0.719. The van der Waals surface area contributed by atoms with Crippen LogP contribution in [-0.4, -0.2) is 28.0 Å². The molecule has 1 unspecified atom stereocenters. The maximum Gasteiger partial charge on any atom is 0.160 e. The normalized spacial score (nSPS) is 17.5. The number of rotatable bonds is 5. The zero-order chi connectivity index (χ0) is 14.5. The third-order valence-corrected chi connectivity index (χ3v) is 4.03. The highest BCUT2D eigenvalue weighted by Gasteiger charge is 2.20. The number of hydrogen-bond donors (Lipinski definition) is 1. The molecule has 0 aromatic carbocycles. The van der Waals surface area contributed by atoms with Crippen LogP contribution in [0.2, 0.25) is 0 Å². The average molecular weight is 282 g/mol. The molecule has 0 saturated carbocycles. The predicted molar refractivity (Wildman–Crippen MR) is 83.9 cm³/mol. The van der Waals surface area contributed by atoms with E-state index in [4.69, 9.17) is 4.98 Å². The summed E-state index contributed by atoms with van der Waals surface area (Å²) in [6.45, 7) is 4.43. The van der Waals surface area contributed by atoms with Crippen LogP contribution in [0.3, 0.4) is 0 Å². The number of nitrogens with zero attached hydrogens (tertiary/aromatic N) is 3. The van der Waals surface area contributed by atoms with Gasteiger partial charge in [0.1, 0.15) is 0 Å². The Labute approximate surface area is 126 Å². The highest BCUT2D eigenvalue weighted by atomic mass is 14.9. The average Bonchev–Trinajstić information content (AvgIpc) is 2.55. The van der Waals surface area contributed by atoms with Gasteiger partial charge in [-0.05, 0) is 62.4 Å². The largest absolute Gasteiger partial charge is 0.316 e. The first-order valence-corrected chi connectivity index (χ1v) is 7.82. The Kier molecular flexibility index (Phi) is 4.55. The van der Waals surface area contributed by atoms with Crippen molar-refractivity contribution in [3.63, 3.8) is 0 Å². The molecule has 3 rings (SSSR count). The summed E-state index contributed by atoms with van der Waals surface area (Å²) in [5, 5.41) is 3.52. The molecule has 1 atom stereocenters. The van der Waals surface area contributed by atoms with E-state index in [1.807, 2.05) is 24.5 Å². The van der Waals surface area contributed by atoms with Gasteiger partial charge >= 0.3 is 0 Å². The summed E-state index contributed by atoms with van der Waals surface area (Å²) in [5.41, 5.74) is 3.53. The van der Waals surface area contributed by atoms with Gasteiger partial charge in [0.05, 0.1) is 0 Å². The SMILES string of the molecule is CCCNCC1CCc2nc(-c3cccnc3)ncc2C1. The predicted octanol–water partition coefficient (Wildman–Crippen LogP) is 2.64. The van der Waals surface area contributed by atoms with Gasteiger partial charge in [-0.25, -0.2) is 9.97 Å². The molecule has 0 amide bonds. The Morgan fingerprint density at radius 3 is 3.10 bits per heavy atom. The van der Waals surface area contributed by atoms with E-state index >= 15 is 0 Å². The van der Waals surface area contributed by atoms with Crippen LogP contribution in [0, 0.1) is 5.92 Å². The molecule has 1 N–H and O–H groups in total. The highest BCUT2D eigenvalue weighted by Crippen LogP contribution is 2.25. The van der Waals surface area contributed by atoms with E-state index in [1.54, 1.807) is 6.20 Å². The standard InChI is InChI=1S/C17H22N4/c1-2-7-18-10-13-5-6-16-15(9-13)12-20-17(21-16)14-4-3-8-19-11-14/h3-4,8,11-13,18H,2,5-7,9-10H2,1H3. The van der Waals surface area contributed by atoms with Crippen molar-refractivity contribution < 1.29 is 0 Å². The number of fused-ring (bicyclic) bond motifs is 1. The van der Waals surface area contributed by atoms with Crippen LogP contribution in [0.4, 0.5) is 0 Å². The zero-order valence-electron chi connectivity index (χ0n) is 12.5. The van der Waals surface area contributed by atoms with Gasteiger partial charge in [-0.1, -0.05) is 6.92 Å². The molecule has 110 valence electrons. The molecule has 2 heterocycles. The maximum absolute atomic E-state index is 4.74. The molecule has 1 aliphatic carbocycles. The van der Waals surface area contributed by atoms with Gasteiger partial charge in [-0.2, -0.15) is 0 Å². The van der Waals surface area contributed by atoms with E-state index in [-0.39, 0.29) is 0 Å². The van der Waals surface area contributed by atoms with Crippen molar-refractivity contribution in [3.05, 3.63) is 42.0 Å². The Hall–Kier alpha value is -1.81. The van der Waals surface area contributed by atoms with Crippen LogP contribution in [0.5, 0.6) is 0 Å². The van der Waals surface area contributed by atoms with Gasteiger partial charge < -0.3 is 5.32 Å². The molecule has 21 heavy (non-hydrogen) atoms. The molecular weight excluding hydrogens is 260 g/mol. The van der Waals surface area contributed by atoms with Gasteiger partial charge in [0.15, 0.2) is 5.82 Å². The number of aromatic nitrogens is 3. The van der Waals surface area contributed by atoms with Crippen molar-refractivity contribution >= 4 is 0 Å². The Balaban J connectivity index is 1.71. The van der Waals surface area contributed by atoms with Crippen LogP contribution in [-0.2, 0) is 12.8 Å². The zero-order valence-corrected chi connectivity index (χ0v) is 12.5. The summed E-state index contributed by atoms with van der Waals surface area (Å²) in [6, 6.07) is 3.93. The first-order valence-electron chi connectivity index (χ1n) is 7.82. The van der Waals surface area contributed by atoms with E-state index in [0.29, 0.717) is 0 Å². The van der Waals surface area contributed by atoms with E-state index in [0.717, 1.165) is 43.2 Å². The van der Waals surface area contributed by atoms with Crippen LogP contribution in [0.1, 0.15) is 31.0 Å². The summed E-state index contributed by atoms with van der Waals surface area (Å²) < 4.78 is 0. The summed E-state index contributed by atoms with van der Waals surface area (Å²) in [7, 11) is 0. The molecule has 4 nitrogen and oxygen atoms in total. The Morgan fingerprint density at radius 2 is 2.29 bits per heavy atom. The summed E-state index contributed by atoms with van der Waals surface area (Å²) in [4.78, 5) is 13.4. The molecule has 2 aromatic heterocycles. The Bertz CT molecular complexity index is 583. The quantitative estimate of drug-likeness (QED) is 0.857. The maximum atomic E-state index is 4.74. The summed E-state index contributed by atoms with van der Waals surface area (Å²) in [5.74, 6) is 1.52. The van der Waals surface area contributed by atoms with E-state index in [2.05, 4.69) is 22.2 Å². The van der Waals surface area contributed by atoms with Crippen LogP contribution in [0.25, 0.3) is 11.4 Å². The van der Waals surface area contributed by atoms with Gasteiger partial charge in [0, 0.05) is 29.8 Å². The fourth-order valence-corrected chi connectivity index (χ4v) is 2.87. The van der Waals surface area contributed by atoms with Crippen LogP contribution < -0.4 is 5.32 Å². The molecule has 0 bridgehead atoms. The highest BCUT2D eigenvalue weighted by molar-refractivity contribution is 5.53. The number of pyridine rings is 1. The number of aryl methyl sites for hydroxylation is 1. The van der Waals surface area contributed by atoms with E-state index in [1.165, 1.54) is 24.1 Å². The molecular formula is C17H22N4. The fourth-order valence-electron chi connectivity index (χ4n) is 2.87. The second kappa shape index (κ2) is 6.76. The second-order valence-corrected chi connectivity index (χ2v) is 5.72. The number of hydrogen-bond acceptors (Lipinski definition) is 4. The lowest BCUT2D eigenvalue weighted by Gasteiger charge is -2.24. The summed E-state index contributed by atoms with van der Waals surface area (Å²) in [6.07, 6.45) is 10.2. The third kappa shape index (κ3) is 3.45. The van der Waals surface area contributed by atoms with Gasteiger partial charge in [0.2, 0.25) is 0 Å². The molecule has 0 spiro atoms. The van der Waals surface area contributed by atoms with Crippen LogP contribution >= 0.6 is 0 Å². The lowest BCUT2D eigenvalue weighted by molar-refractivity contribution is 0.420. The number of nitrogens with one attached hydrogen (secondary N) is 1. The minimum absolute atomic E-state index is 0.719. The molecule has 0 fully saturated rings. The van der Waals surface area contributed by atoms with Crippen molar-refractivity contribution in [1.82, 2.24) is 20.3 Å². The van der Waals surface area contributed by atoms with Crippen molar-refractivity contribution in [2.45, 2.75) is 32.6 Å². The van der Waals surface area contributed by atoms with E-state index in [9.17, 15) is 0 Å². The molecule has 1 aliphatic rings. The van der Waals surface area contributed by atoms with Crippen LogP contribution in [0.15, 0.2) is 30.7 Å². The second-order valence-electron chi connectivity index (χ2n) is 5.72. The Morgan fingerprint density at radius 1 is 1.33 bits per heavy atom. The lowest BCUT2D eigenvalue weighted by atomic mass is 9.87. The van der Waals surface area contributed by atoms with Crippen molar-refractivity contribution in [2.24, 2.45) is 5.92 Å². The smallest absolute Gasteiger partial charge is 0.160 e. The van der Waals surface area contributed by atoms with Gasteiger partial charge in [0.25, 0.3) is 0 Å². The molecule has 0 radical (unpaired) electrons. The van der Waals surface area contributed by atoms with Crippen molar-refractivity contribution in [2.75, 3.05) is 13.1 Å². The topological polar surface area (TPSA) is 50.7 Å². The minimum Gasteiger partial charge on any atom is -0.316 e. The lowest BCUT2D eigenvalue weighted by Crippen LogP contribution is -2.28.